The molecule has 1 saturated heterocycles. The molecule has 5 nitrogen and oxygen atoms in total. The molecule has 0 spiro atoms. The highest BCUT2D eigenvalue weighted by Crippen LogP contribution is 2.38. The fraction of sp³-hybridized carbons (Fsp3) is 0.571. The van der Waals surface area contributed by atoms with Gasteiger partial charge in [0.2, 0.25) is 10.0 Å². The SMILES string of the molecule is CCc1cc([C@@H]2CCCN2S(=O)(=O)c2ccc(C3CCCCC3)cc2)on1. The quantitative estimate of drug-likeness (QED) is 0.737. The van der Waals surface area contributed by atoms with Gasteiger partial charge in [-0.25, -0.2) is 8.42 Å². The molecule has 0 radical (unpaired) electrons. The zero-order chi connectivity index (χ0) is 18.9. The van der Waals surface area contributed by atoms with Crippen LogP contribution in [0.4, 0.5) is 0 Å². The summed E-state index contributed by atoms with van der Waals surface area (Å²) in [5.74, 6) is 1.24. The van der Waals surface area contributed by atoms with E-state index in [4.69, 9.17) is 4.52 Å². The average molecular weight is 389 g/mol. The van der Waals surface area contributed by atoms with Gasteiger partial charge >= 0.3 is 0 Å². The first-order valence-electron chi connectivity index (χ1n) is 10.2. The lowest BCUT2D eigenvalue weighted by molar-refractivity contribution is 0.296. The van der Waals surface area contributed by atoms with Crippen LogP contribution in [0.25, 0.3) is 0 Å². The van der Waals surface area contributed by atoms with E-state index < -0.39 is 10.0 Å². The minimum Gasteiger partial charge on any atom is -0.359 e. The molecular formula is C21H28N2O3S. The largest absolute Gasteiger partial charge is 0.359 e. The molecule has 0 N–H and O–H groups in total. The summed E-state index contributed by atoms with van der Waals surface area (Å²) >= 11 is 0. The number of aromatic nitrogens is 1. The number of aryl methyl sites for hydroxylation is 1. The van der Waals surface area contributed by atoms with Crippen molar-refractivity contribution in [1.82, 2.24) is 9.46 Å². The van der Waals surface area contributed by atoms with E-state index in [1.807, 2.05) is 25.1 Å². The fourth-order valence-electron chi connectivity index (χ4n) is 4.45. The molecule has 0 amide bonds. The first kappa shape index (κ1) is 18.7. The molecule has 1 aliphatic carbocycles. The second-order valence-corrected chi connectivity index (χ2v) is 9.64. The molecule has 4 rings (SSSR count). The maximum Gasteiger partial charge on any atom is 0.243 e. The summed E-state index contributed by atoms with van der Waals surface area (Å²) in [6, 6.07) is 9.24. The van der Waals surface area contributed by atoms with Crippen LogP contribution in [0.1, 0.15) is 80.8 Å². The Morgan fingerprint density at radius 1 is 1.07 bits per heavy atom. The number of sulfonamides is 1. The van der Waals surface area contributed by atoms with Gasteiger partial charge in [0.05, 0.1) is 16.6 Å². The molecule has 1 atom stereocenters. The van der Waals surface area contributed by atoms with Crippen LogP contribution in [-0.2, 0) is 16.4 Å². The summed E-state index contributed by atoms with van der Waals surface area (Å²) in [4.78, 5) is 0.379. The van der Waals surface area contributed by atoms with Crippen LogP contribution in [0.3, 0.4) is 0 Å². The summed E-state index contributed by atoms with van der Waals surface area (Å²) < 4.78 is 33.5. The second-order valence-electron chi connectivity index (χ2n) is 7.75. The summed E-state index contributed by atoms with van der Waals surface area (Å²) in [5, 5.41) is 4.04. The van der Waals surface area contributed by atoms with Gasteiger partial charge in [0.15, 0.2) is 5.76 Å². The molecular weight excluding hydrogens is 360 g/mol. The van der Waals surface area contributed by atoms with Crippen LogP contribution < -0.4 is 0 Å². The van der Waals surface area contributed by atoms with Crippen LogP contribution in [0.15, 0.2) is 39.8 Å². The molecule has 1 saturated carbocycles. The Balaban J connectivity index is 1.56. The Labute approximate surface area is 161 Å². The third kappa shape index (κ3) is 3.69. The molecule has 2 fully saturated rings. The third-order valence-electron chi connectivity index (χ3n) is 6.03. The van der Waals surface area contributed by atoms with Crippen molar-refractivity contribution in [2.45, 2.75) is 75.1 Å². The molecule has 2 heterocycles. The van der Waals surface area contributed by atoms with Crippen LogP contribution in [0.2, 0.25) is 0 Å². The van der Waals surface area contributed by atoms with E-state index in [9.17, 15) is 8.42 Å². The summed E-state index contributed by atoms with van der Waals surface area (Å²) in [5.41, 5.74) is 2.14. The van der Waals surface area contributed by atoms with Gasteiger partial charge in [-0.05, 0) is 55.7 Å². The second kappa shape index (κ2) is 7.76. The van der Waals surface area contributed by atoms with E-state index >= 15 is 0 Å². The third-order valence-corrected chi connectivity index (χ3v) is 7.96. The molecule has 1 aliphatic heterocycles. The van der Waals surface area contributed by atoms with E-state index in [-0.39, 0.29) is 6.04 Å². The molecule has 6 heteroatoms. The lowest BCUT2D eigenvalue weighted by Crippen LogP contribution is -2.30. The number of nitrogens with zero attached hydrogens (tertiary/aromatic N) is 2. The summed E-state index contributed by atoms with van der Waals surface area (Å²) in [7, 11) is -3.54. The van der Waals surface area contributed by atoms with Gasteiger partial charge < -0.3 is 4.52 Å². The van der Waals surface area contributed by atoms with E-state index in [0.717, 1.165) is 25.0 Å². The lowest BCUT2D eigenvalue weighted by Gasteiger charge is -2.24. The van der Waals surface area contributed by atoms with Crippen LogP contribution in [0.5, 0.6) is 0 Å². The highest BCUT2D eigenvalue weighted by molar-refractivity contribution is 7.89. The zero-order valence-corrected chi connectivity index (χ0v) is 16.7. The van der Waals surface area contributed by atoms with Crippen molar-refractivity contribution in [3.8, 4) is 0 Å². The van der Waals surface area contributed by atoms with Crippen molar-refractivity contribution in [3.63, 3.8) is 0 Å². The Hall–Kier alpha value is -1.66. The van der Waals surface area contributed by atoms with Crippen molar-refractivity contribution in [3.05, 3.63) is 47.3 Å². The fourth-order valence-corrected chi connectivity index (χ4v) is 6.11. The number of hydrogen-bond acceptors (Lipinski definition) is 4. The molecule has 1 aromatic carbocycles. The highest BCUT2D eigenvalue weighted by atomic mass is 32.2. The van der Waals surface area contributed by atoms with E-state index in [1.54, 1.807) is 16.4 Å². The highest BCUT2D eigenvalue weighted by Gasteiger charge is 2.38. The summed E-state index contributed by atoms with van der Waals surface area (Å²) in [6.07, 6.45) is 8.70. The molecule has 146 valence electrons. The number of hydrogen-bond donors (Lipinski definition) is 0. The van der Waals surface area contributed by atoms with E-state index in [1.165, 1.54) is 37.7 Å². The Kier molecular flexibility index (Phi) is 5.37. The van der Waals surface area contributed by atoms with Gasteiger partial charge in [-0.15, -0.1) is 0 Å². The van der Waals surface area contributed by atoms with E-state index in [0.29, 0.717) is 23.1 Å². The normalized spacial score (nSPS) is 22.3. The Morgan fingerprint density at radius 2 is 1.81 bits per heavy atom. The average Bonchev–Trinajstić information content (AvgIpc) is 3.38. The molecule has 0 unspecified atom stereocenters. The maximum atomic E-state index is 13.2. The van der Waals surface area contributed by atoms with Crippen molar-refractivity contribution in [2.75, 3.05) is 6.54 Å². The Morgan fingerprint density at radius 3 is 2.48 bits per heavy atom. The minimum atomic E-state index is -3.54. The smallest absolute Gasteiger partial charge is 0.243 e. The molecule has 0 bridgehead atoms. The van der Waals surface area contributed by atoms with Gasteiger partial charge in [0.25, 0.3) is 0 Å². The van der Waals surface area contributed by atoms with Crippen molar-refractivity contribution < 1.29 is 12.9 Å². The molecule has 2 aromatic rings. The first-order chi connectivity index (χ1) is 13.1. The van der Waals surface area contributed by atoms with Crippen molar-refractivity contribution >= 4 is 10.0 Å². The zero-order valence-electron chi connectivity index (χ0n) is 15.9. The molecule has 2 aliphatic rings. The van der Waals surface area contributed by atoms with Gasteiger partial charge in [-0.3, -0.25) is 0 Å². The summed E-state index contributed by atoms with van der Waals surface area (Å²) in [6.45, 7) is 2.54. The van der Waals surface area contributed by atoms with Gasteiger partial charge in [0.1, 0.15) is 0 Å². The van der Waals surface area contributed by atoms with Gasteiger partial charge in [0, 0.05) is 12.6 Å². The predicted molar refractivity (Wildman–Crippen MR) is 104 cm³/mol. The minimum absolute atomic E-state index is 0.249. The molecule has 1 aromatic heterocycles. The lowest BCUT2D eigenvalue weighted by atomic mass is 9.84. The Bertz CT molecular complexity index is 867. The van der Waals surface area contributed by atoms with Gasteiger partial charge in [-0.2, -0.15) is 4.31 Å². The van der Waals surface area contributed by atoms with Crippen LogP contribution >= 0.6 is 0 Å². The standard InChI is InChI=1S/C21H28N2O3S/c1-2-18-15-21(26-22-18)20-9-6-14-23(20)27(24,25)19-12-10-17(11-13-19)16-7-4-3-5-8-16/h10-13,15-16,20H,2-9,14H2,1H3/t20-/m0/s1. The van der Waals surface area contributed by atoms with Crippen LogP contribution in [0, 0.1) is 0 Å². The topological polar surface area (TPSA) is 63.4 Å². The van der Waals surface area contributed by atoms with Crippen LogP contribution in [-0.4, -0.2) is 24.4 Å². The van der Waals surface area contributed by atoms with E-state index in [2.05, 4.69) is 5.16 Å². The van der Waals surface area contributed by atoms with Crippen molar-refractivity contribution in [2.24, 2.45) is 0 Å². The molecule has 27 heavy (non-hydrogen) atoms. The predicted octanol–water partition coefficient (Wildman–Crippen LogP) is 4.81. The maximum absolute atomic E-state index is 13.2. The monoisotopic (exact) mass is 388 g/mol. The first-order valence-corrected chi connectivity index (χ1v) is 11.6. The number of benzene rings is 1. The van der Waals surface area contributed by atoms with Crippen molar-refractivity contribution in [1.29, 1.82) is 0 Å². The van der Waals surface area contributed by atoms with Gasteiger partial charge in [-0.1, -0.05) is 43.5 Å². The number of rotatable bonds is 5.